The number of likely N-dealkylation sites (N-methyl/N-ethyl adjacent to an activating group) is 1. The number of H-pyrrole nitrogens is 1. The summed E-state index contributed by atoms with van der Waals surface area (Å²) in [6, 6.07) is 6.29. The summed E-state index contributed by atoms with van der Waals surface area (Å²) < 4.78 is 23.2. The van der Waals surface area contributed by atoms with Crippen molar-refractivity contribution in [3.8, 4) is 0 Å². The van der Waals surface area contributed by atoms with Crippen LogP contribution in [0.3, 0.4) is 0 Å². The number of rotatable bonds is 5. The number of carbonyl (C=O) groups is 1. The number of benzene rings is 1. The van der Waals surface area contributed by atoms with Gasteiger partial charge in [-0.2, -0.15) is 0 Å². The Labute approximate surface area is 160 Å². The van der Waals surface area contributed by atoms with E-state index >= 15 is 0 Å². The Hall–Kier alpha value is -1.86. The van der Waals surface area contributed by atoms with Crippen molar-refractivity contribution >= 4 is 26.6 Å². The lowest BCUT2D eigenvalue weighted by Crippen LogP contribution is -2.41. The maximum Gasteiger partial charge on any atom is 0.234 e. The Morgan fingerprint density at radius 1 is 1.30 bits per heavy atom. The monoisotopic (exact) mass is 389 g/mol. The van der Waals surface area contributed by atoms with Crippen molar-refractivity contribution in [3.63, 3.8) is 0 Å². The number of aromatic amines is 1. The molecule has 0 unspecified atom stereocenters. The van der Waals surface area contributed by atoms with Crippen LogP contribution < -0.4 is 5.32 Å². The summed E-state index contributed by atoms with van der Waals surface area (Å²) in [4.78, 5) is 17.7. The minimum atomic E-state index is -2.93. The zero-order valence-electron chi connectivity index (χ0n) is 15.8. The fraction of sp³-hybridized carbons (Fsp3) is 0.550. The third-order valence-electron chi connectivity index (χ3n) is 5.88. The van der Waals surface area contributed by atoms with Crippen LogP contribution >= 0.6 is 0 Å². The van der Waals surface area contributed by atoms with Gasteiger partial charge in [-0.3, -0.25) is 9.69 Å². The molecular formula is C20H27N3O3S. The topological polar surface area (TPSA) is 82.3 Å². The first-order chi connectivity index (χ1) is 12.9. The van der Waals surface area contributed by atoms with E-state index in [9.17, 15) is 13.2 Å². The van der Waals surface area contributed by atoms with Crippen molar-refractivity contribution in [2.24, 2.45) is 0 Å². The summed E-state index contributed by atoms with van der Waals surface area (Å²) in [5.74, 6) is 0.314. The van der Waals surface area contributed by atoms with Crippen LogP contribution in [0.5, 0.6) is 0 Å². The molecule has 7 heteroatoms. The highest BCUT2D eigenvalue weighted by Crippen LogP contribution is 2.29. The molecule has 2 heterocycles. The molecule has 0 bridgehead atoms. The summed E-state index contributed by atoms with van der Waals surface area (Å²) in [6.07, 6.45) is 5.35. The molecule has 1 fully saturated rings. The predicted octanol–water partition coefficient (Wildman–Crippen LogP) is 1.78. The minimum Gasteiger partial charge on any atom is -0.358 e. The maximum atomic E-state index is 12.3. The predicted molar refractivity (Wildman–Crippen MR) is 106 cm³/mol. The second-order valence-corrected chi connectivity index (χ2v) is 10.1. The molecule has 6 nitrogen and oxygen atoms in total. The number of sulfone groups is 1. The number of hydrogen-bond donors (Lipinski definition) is 2. The molecule has 1 atom stereocenters. The number of nitrogens with one attached hydrogen (secondary N) is 2. The lowest BCUT2D eigenvalue weighted by atomic mass is 9.95. The Bertz CT molecular complexity index is 964. The van der Waals surface area contributed by atoms with Gasteiger partial charge in [-0.1, -0.05) is 6.07 Å². The van der Waals surface area contributed by atoms with E-state index in [1.54, 1.807) is 0 Å². The molecule has 27 heavy (non-hydrogen) atoms. The van der Waals surface area contributed by atoms with Crippen LogP contribution in [-0.2, 0) is 34.0 Å². The van der Waals surface area contributed by atoms with Crippen molar-refractivity contribution in [2.45, 2.75) is 44.7 Å². The molecule has 2 aromatic rings. The summed E-state index contributed by atoms with van der Waals surface area (Å²) in [6.45, 7) is 0.716. The molecule has 1 aliphatic heterocycles. The fourth-order valence-electron chi connectivity index (χ4n) is 4.30. The fourth-order valence-corrected chi connectivity index (χ4v) is 6.10. The summed E-state index contributed by atoms with van der Waals surface area (Å²) >= 11 is 0. The molecule has 0 spiro atoms. The zero-order valence-corrected chi connectivity index (χ0v) is 16.6. The lowest BCUT2D eigenvalue weighted by Gasteiger charge is -2.22. The largest absolute Gasteiger partial charge is 0.358 e. The molecule has 1 aliphatic carbocycles. The number of hydrogen-bond acceptors (Lipinski definition) is 4. The van der Waals surface area contributed by atoms with Crippen LogP contribution in [-0.4, -0.2) is 55.3 Å². The van der Waals surface area contributed by atoms with E-state index in [0.717, 1.165) is 18.4 Å². The molecular weight excluding hydrogens is 362 g/mol. The molecule has 1 aromatic carbocycles. The van der Waals surface area contributed by atoms with E-state index in [2.05, 4.69) is 28.5 Å². The molecule has 1 saturated heterocycles. The number of nitrogens with zero attached hydrogens (tertiary/aromatic N) is 1. The SMILES string of the molecule is CN(CC(=O)NCc1ccc2[nH]c3c(c2c1)CCCC3)[C@@H]1CCS(=O)(=O)C1. The van der Waals surface area contributed by atoms with E-state index < -0.39 is 9.84 Å². The average molecular weight is 390 g/mol. The number of amides is 1. The Morgan fingerprint density at radius 3 is 2.89 bits per heavy atom. The van der Waals surface area contributed by atoms with Gasteiger partial charge in [-0.15, -0.1) is 0 Å². The van der Waals surface area contributed by atoms with Gasteiger partial charge in [0.1, 0.15) is 0 Å². The van der Waals surface area contributed by atoms with Crippen molar-refractivity contribution < 1.29 is 13.2 Å². The van der Waals surface area contributed by atoms with Gasteiger partial charge in [0.05, 0.1) is 18.1 Å². The van der Waals surface area contributed by atoms with Gasteiger partial charge < -0.3 is 10.3 Å². The van der Waals surface area contributed by atoms with Crippen molar-refractivity contribution in [1.82, 2.24) is 15.2 Å². The molecule has 2 aliphatic rings. The van der Waals surface area contributed by atoms with Gasteiger partial charge in [0, 0.05) is 29.2 Å². The smallest absolute Gasteiger partial charge is 0.234 e. The van der Waals surface area contributed by atoms with E-state index in [1.807, 2.05) is 11.9 Å². The Balaban J connectivity index is 1.36. The maximum absolute atomic E-state index is 12.3. The van der Waals surface area contributed by atoms with Gasteiger partial charge in [0.15, 0.2) is 9.84 Å². The Morgan fingerprint density at radius 2 is 2.11 bits per heavy atom. The first kappa shape index (κ1) is 18.5. The molecule has 2 N–H and O–H groups in total. The molecule has 146 valence electrons. The van der Waals surface area contributed by atoms with Crippen LogP contribution in [0.25, 0.3) is 10.9 Å². The third-order valence-corrected chi connectivity index (χ3v) is 7.63. The number of fused-ring (bicyclic) bond motifs is 3. The minimum absolute atomic E-state index is 0.0523. The van der Waals surface area contributed by atoms with E-state index in [0.29, 0.717) is 13.0 Å². The third kappa shape index (κ3) is 4.04. The highest BCUT2D eigenvalue weighted by Gasteiger charge is 2.31. The highest BCUT2D eigenvalue weighted by molar-refractivity contribution is 7.91. The van der Waals surface area contributed by atoms with Crippen LogP contribution in [0.4, 0.5) is 0 Å². The highest BCUT2D eigenvalue weighted by atomic mass is 32.2. The van der Waals surface area contributed by atoms with E-state index in [-0.39, 0.29) is 30.0 Å². The van der Waals surface area contributed by atoms with Gasteiger partial charge in [-0.25, -0.2) is 8.42 Å². The second kappa shape index (κ2) is 7.28. The Kier molecular flexibility index (Phi) is 4.99. The molecule has 0 saturated carbocycles. The molecule has 4 rings (SSSR count). The van der Waals surface area contributed by atoms with Crippen LogP contribution in [0.15, 0.2) is 18.2 Å². The van der Waals surface area contributed by atoms with E-state index in [4.69, 9.17) is 0 Å². The standard InChI is InChI=1S/C20H27N3O3S/c1-23(15-8-9-27(25,26)13-15)12-20(24)21-11-14-6-7-19-17(10-14)16-4-2-3-5-18(16)22-19/h6-7,10,15,22H,2-5,8-9,11-13H2,1H3,(H,21,24)/t15-/m1/s1. The summed E-state index contributed by atoms with van der Waals surface area (Å²) in [5, 5.41) is 4.25. The van der Waals surface area contributed by atoms with Gasteiger partial charge in [-0.05, 0) is 62.4 Å². The van der Waals surface area contributed by atoms with Gasteiger partial charge in [0.2, 0.25) is 5.91 Å². The summed E-state index contributed by atoms with van der Waals surface area (Å²) in [5.41, 5.74) is 5.07. The van der Waals surface area contributed by atoms with Crippen LogP contribution in [0, 0.1) is 0 Å². The van der Waals surface area contributed by atoms with Crippen LogP contribution in [0.1, 0.15) is 36.1 Å². The first-order valence-electron chi connectivity index (χ1n) is 9.71. The van der Waals surface area contributed by atoms with Crippen molar-refractivity contribution in [3.05, 3.63) is 35.0 Å². The van der Waals surface area contributed by atoms with Gasteiger partial charge >= 0.3 is 0 Å². The van der Waals surface area contributed by atoms with Gasteiger partial charge in [0.25, 0.3) is 0 Å². The number of aromatic nitrogens is 1. The quantitative estimate of drug-likeness (QED) is 0.817. The number of carbonyl (C=O) groups excluding carboxylic acids is 1. The molecule has 1 amide bonds. The van der Waals surface area contributed by atoms with E-state index in [1.165, 1.54) is 35.0 Å². The van der Waals surface area contributed by atoms with Crippen LogP contribution in [0.2, 0.25) is 0 Å². The molecule has 0 radical (unpaired) electrons. The van der Waals surface area contributed by atoms with Crippen molar-refractivity contribution in [1.29, 1.82) is 0 Å². The first-order valence-corrected chi connectivity index (χ1v) is 11.5. The lowest BCUT2D eigenvalue weighted by molar-refractivity contribution is -0.122. The average Bonchev–Trinajstić information content (AvgIpc) is 3.19. The van der Waals surface area contributed by atoms with Crippen molar-refractivity contribution in [2.75, 3.05) is 25.1 Å². The summed E-state index contributed by atoms with van der Waals surface area (Å²) in [7, 11) is -1.11. The second-order valence-electron chi connectivity index (χ2n) is 7.92. The number of aryl methyl sites for hydroxylation is 2. The normalized spacial score (nSPS) is 21.5. The zero-order chi connectivity index (χ0) is 19.0. The molecule has 1 aromatic heterocycles.